The van der Waals surface area contributed by atoms with Gasteiger partial charge in [-0.25, -0.2) is 18.1 Å². The third-order valence-electron chi connectivity index (χ3n) is 5.82. The molecule has 0 unspecified atom stereocenters. The zero-order chi connectivity index (χ0) is 23.8. The van der Waals surface area contributed by atoms with Crippen LogP contribution in [0.1, 0.15) is 37.6 Å². The summed E-state index contributed by atoms with van der Waals surface area (Å²) in [6.45, 7) is 6.98. The molecule has 0 spiro atoms. The quantitative estimate of drug-likeness (QED) is 0.597. The van der Waals surface area contributed by atoms with Crippen molar-refractivity contribution in [3.63, 3.8) is 0 Å². The first-order valence-corrected chi connectivity index (χ1v) is 12.2. The molecule has 1 atom stereocenters. The largest absolute Gasteiger partial charge is 0.351 e. The highest BCUT2D eigenvalue weighted by molar-refractivity contribution is 7.90. The van der Waals surface area contributed by atoms with Crippen molar-refractivity contribution in [2.45, 2.75) is 37.6 Å². The Labute approximate surface area is 192 Å². The maximum atomic E-state index is 13.2. The van der Waals surface area contributed by atoms with Crippen LogP contribution in [-0.2, 0) is 10.0 Å². The van der Waals surface area contributed by atoms with E-state index in [9.17, 15) is 18.0 Å². The number of aromatic amines is 1. The third kappa shape index (κ3) is 4.54. The zero-order valence-corrected chi connectivity index (χ0v) is 19.5. The SMILES string of the molecule is C[C@@H]1CN(c2nc(-c3ccccc3)ccc2C(=O)NS(=O)(=O)c2ccc[nH]c2=O)C(C)(C)C1. The van der Waals surface area contributed by atoms with Gasteiger partial charge >= 0.3 is 0 Å². The fourth-order valence-corrected chi connectivity index (χ4v) is 5.43. The van der Waals surface area contributed by atoms with Crippen molar-refractivity contribution in [3.05, 3.63) is 76.7 Å². The lowest BCUT2D eigenvalue weighted by molar-refractivity contribution is 0.0981. The highest BCUT2D eigenvalue weighted by atomic mass is 32.2. The van der Waals surface area contributed by atoms with Crippen molar-refractivity contribution in [2.24, 2.45) is 5.92 Å². The van der Waals surface area contributed by atoms with Crippen molar-refractivity contribution in [1.29, 1.82) is 0 Å². The molecular weight excluding hydrogens is 440 g/mol. The van der Waals surface area contributed by atoms with E-state index in [4.69, 9.17) is 4.98 Å². The molecular formula is C24H26N4O4S. The highest BCUT2D eigenvalue weighted by Crippen LogP contribution is 2.38. The number of H-pyrrole nitrogens is 1. The summed E-state index contributed by atoms with van der Waals surface area (Å²) in [7, 11) is -4.37. The van der Waals surface area contributed by atoms with E-state index in [1.165, 1.54) is 12.3 Å². The van der Waals surface area contributed by atoms with Gasteiger partial charge in [0.05, 0.1) is 11.3 Å². The lowest BCUT2D eigenvalue weighted by Crippen LogP contribution is -2.41. The lowest BCUT2D eigenvalue weighted by Gasteiger charge is -2.34. The molecule has 2 aromatic heterocycles. The number of benzene rings is 1. The average Bonchev–Trinajstić information content (AvgIpc) is 3.05. The molecule has 1 aliphatic heterocycles. The Kier molecular flexibility index (Phi) is 5.84. The van der Waals surface area contributed by atoms with Gasteiger partial charge in [0.2, 0.25) is 0 Å². The molecule has 2 N–H and O–H groups in total. The van der Waals surface area contributed by atoms with Crippen LogP contribution in [0.3, 0.4) is 0 Å². The second-order valence-corrected chi connectivity index (χ2v) is 10.6. The van der Waals surface area contributed by atoms with Gasteiger partial charge in [-0.2, -0.15) is 0 Å². The van der Waals surface area contributed by atoms with E-state index in [0.717, 1.165) is 18.1 Å². The number of pyridine rings is 2. The molecule has 0 aliphatic carbocycles. The molecule has 1 aromatic carbocycles. The second-order valence-electron chi connectivity index (χ2n) is 8.96. The normalized spacial score (nSPS) is 17.7. The summed E-state index contributed by atoms with van der Waals surface area (Å²) in [5.41, 5.74) is 0.628. The number of hydrogen-bond donors (Lipinski definition) is 2. The monoisotopic (exact) mass is 466 g/mol. The van der Waals surface area contributed by atoms with Gasteiger partial charge in [-0.15, -0.1) is 0 Å². The molecule has 4 rings (SSSR count). The average molecular weight is 467 g/mol. The Balaban J connectivity index is 1.78. The van der Waals surface area contributed by atoms with E-state index in [1.807, 2.05) is 35.1 Å². The maximum absolute atomic E-state index is 13.2. The van der Waals surface area contributed by atoms with Crippen LogP contribution in [0.2, 0.25) is 0 Å². The minimum absolute atomic E-state index is 0.132. The molecule has 33 heavy (non-hydrogen) atoms. The molecule has 3 heterocycles. The Morgan fingerprint density at radius 3 is 2.48 bits per heavy atom. The number of amides is 1. The van der Waals surface area contributed by atoms with E-state index in [2.05, 4.69) is 30.7 Å². The van der Waals surface area contributed by atoms with Gasteiger partial charge in [-0.05, 0) is 50.5 Å². The Bertz CT molecular complexity index is 1350. The van der Waals surface area contributed by atoms with E-state index < -0.39 is 26.4 Å². The summed E-state index contributed by atoms with van der Waals surface area (Å²) in [6, 6.07) is 15.4. The predicted octanol–water partition coefficient (Wildman–Crippen LogP) is 3.18. The topological polar surface area (TPSA) is 112 Å². The number of carbonyl (C=O) groups excluding carboxylic acids is 1. The molecule has 9 heteroatoms. The number of nitrogens with one attached hydrogen (secondary N) is 2. The fraction of sp³-hybridized carbons (Fsp3) is 0.292. The van der Waals surface area contributed by atoms with Crippen molar-refractivity contribution in [1.82, 2.24) is 14.7 Å². The molecule has 1 amide bonds. The van der Waals surface area contributed by atoms with Gasteiger partial charge in [0, 0.05) is 23.8 Å². The lowest BCUT2D eigenvalue weighted by atomic mass is 9.97. The summed E-state index contributed by atoms with van der Waals surface area (Å²) >= 11 is 0. The van der Waals surface area contributed by atoms with Crippen LogP contribution in [0.5, 0.6) is 0 Å². The molecule has 1 saturated heterocycles. The maximum Gasteiger partial charge on any atom is 0.269 e. The first-order valence-electron chi connectivity index (χ1n) is 10.7. The Morgan fingerprint density at radius 1 is 1.12 bits per heavy atom. The van der Waals surface area contributed by atoms with Crippen molar-refractivity contribution in [3.8, 4) is 11.3 Å². The number of aromatic nitrogens is 2. The summed E-state index contributed by atoms with van der Waals surface area (Å²) in [6.07, 6.45) is 2.23. The van der Waals surface area contributed by atoms with Crippen LogP contribution in [0.25, 0.3) is 11.3 Å². The number of carbonyl (C=O) groups is 1. The summed E-state index contributed by atoms with van der Waals surface area (Å²) in [5.74, 6) is -0.0409. The molecule has 8 nitrogen and oxygen atoms in total. The Morgan fingerprint density at radius 2 is 1.85 bits per heavy atom. The third-order valence-corrected chi connectivity index (χ3v) is 7.17. The molecule has 172 valence electrons. The summed E-state index contributed by atoms with van der Waals surface area (Å²) in [5, 5.41) is 0. The van der Waals surface area contributed by atoms with Crippen molar-refractivity contribution < 1.29 is 13.2 Å². The van der Waals surface area contributed by atoms with Gasteiger partial charge in [0.1, 0.15) is 5.82 Å². The predicted molar refractivity (Wildman–Crippen MR) is 127 cm³/mol. The minimum Gasteiger partial charge on any atom is -0.351 e. The van der Waals surface area contributed by atoms with Gasteiger partial charge in [0.25, 0.3) is 21.5 Å². The first kappa shape index (κ1) is 22.7. The number of sulfonamides is 1. The molecule has 0 saturated carbocycles. The zero-order valence-electron chi connectivity index (χ0n) is 18.7. The van der Waals surface area contributed by atoms with Crippen LogP contribution in [0, 0.1) is 5.92 Å². The van der Waals surface area contributed by atoms with Crippen LogP contribution in [0.15, 0.2) is 70.5 Å². The minimum atomic E-state index is -4.37. The van der Waals surface area contributed by atoms with E-state index in [0.29, 0.717) is 24.0 Å². The highest BCUT2D eigenvalue weighted by Gasteiger charge is 2.39. The van der Waals surface area contributed by atoms with Crippen LogP contribution >= 0.6 is 0 Å². The van der Waals surface area contributed by atoms with Crippen LogP contribution in [0.4, 0.5) is 5.82 Å². The Hall–Kier alpha value is -3.46. The van der Waals surface area contributed by atoms with Gasteiger partial charge in [-0.3, -0.25) is 9.59 Å². The van der Waals surface area contributed by atoms with E-state index >= 15 is 0 Å². The summed E-state index contributed by atoms with van der Waals surface area (Å²) in [4.78, 5) is 33.8. The van der Waals surface area contributed by atoms with E-state index in [-0.39, 0.29) is 11.1 Å². The van der Waals surface area contributed by atoms with Gasteiger partial charge < -0.3 is 9.88 Å². The molecule has 1 aliphatic rings. The van der Waals surface area contributed by atoms with Crippen molar-refractivity contribution >= 4 is 21.7 Å². The van der Waals surface area contributed by atoms with Gasteiger partial charge in [-0.1, -0.05) is 37.3 Å². The van der Waals surface area contributed by atoms with Crippen LogP contribution in [-0.4, -0.2) is 36.4 Å². The number of anilines is 1. The van der Waals surface area contributed by atoms with Crippen LogP contribution < -0.4 is 15.2 Å². The smallest absolute Gasteiger partial charge is 0.269 e. The fourth-order valence-electron chi connectivity index (χ4n) is 4.41. The molecule has 3 aromatic rings. The number of nitrogens with zero attached hydrogens (tertiary/aromatic N) is 2. The van der Waals surface area contributed by atoms with Crippen molar-refractivity contribution in [2.75, 3.05) is 11.4 Å². The van der Waals surface area contributed by atoms with E-state index in [1.54, 1.807) is 12.1 Å². The number of rotatable bonds is 5. The molecule has 0 radical (unpaired) electrons. The molecule has 1 fully saturated rings. The first-order chi connectivity index (χ1) is 15.6. The standard InChI is InChI=1S/C24H26N4O4S/c1-16-14-24(2,3)28(15-16)21-18(11-12-19(26-21)17-8-5-4-6-9-17)22(29)27-33(31,32)20-10-7-13-25-23(20)30/h4-13,16H,14-15H2,1-3H3,(H,25,30)(H,27,29)/t16-/m0/s1. The summed E-state index contributed by atoms with van der Waals surface area (Å²) < 4.78 is 27.5. The molecule has 0 bridgehead atoms. The second kappa shape index (κ2) is 8.47. The van der Waals surface area contributed by atoms with Gasteiger partial charge in [0.15, 0.2) is 4.90 Å². The number of hydrogen-bond acceptors (Lipinski definition) is 6.